The van der Waals surface area contributed by atoms with Crippen LogP contribution in [0.2, 0.25) is 0 Å². The number of aliphatic hydroxyl groups is 1. The Bertz CT molecular complexity index is 907. The molecule has 4 rings (SSSR count). The molecule has 3 heterocycles. The number of rotatable bonds is 7. The quantitative estimate of drug-likeness (QED) is 0.688. The fourth-order valence-electron chi connectivity index (χ4n) is 4.80. The Morgan fingerprint density at radius 1 is 1.26 bits per heavy atom. The number of carbonyl (C=O) groups is 1. The molecule has 2 aliphatic rings. The minimum absolute atomic E-state index is 0.0135. The second-order valence-electron chi connectivity index (χ2n) is 8.84. The van der Waals surface area contributed by atoms with Crippen LogP contribution in [0.5, 0.6) is 11.5 Å². The van der Waals surface area contributed by atoms with Gasteiger partial charge in [0.05, 0.1) is 19.8 Å². The molecule has 1 N–H and O–H groups in total. The lowest BCUT2D eigenvalue weighted by Gasteiger charge is -2.33. The Balaban J connectivity index is 1.55. The number of methoxy groups -OCH3 is 1. The van der Waals surface area contributed by atoms with E-state index in [1.807, 2.05) is 43.3 Å². The van der Waals surface area contributed by atoms with Crippen LogP contribution in [0.4, 0.5) is 5.82 Å². The summed E-state index contributed by atoms with van der Waals surface area (Å²) in [6.07, 6.45) is 3.06. The molecule has 2 aromatic rings. The number of hydrogen-bond donors (Lipinski definition) is 1. The van der Waals surface area contributed by atoms with Crippen molar-refractivity contribution < 1.29 is 19.4 Å². The first-order chi connectivity index (χ1) is 14.9. The zero-order chi connectivity index (χ0) is 22.0. The van der Waals surface area contributed by atoms with Crippen molar-refractivity contribution in [2.45, 2.75) is 38.4 Å². The van der Waals surface area contributed by atoms with Crippen LogP contribution in [0.15, 0.2) is 42.6 Å². The highest BCUT2D eigenvalue weighted by Gasteiger charge is 2.47. The second-order valence-corrected chi connectivity index (χ2v) is 8.84. The van der Waals surface area contributed by atoms with Crippen LogP contribution < -0.4 is 14.4 Å². The van der Waals surface area contributed by atoms with E-state index in [1.54, 1.807) is 25.1 Å². The maximum Gasteiger partial charge on any atom is 0.209 e. The number of likely N-dealkylation sites (tertiary alicyclic amines) is 1. The third kappa shape index (κ3) is 4.19. The van der Waals surface area contributed by atoms with Crippen molar-refractivity contribution in [3.63, 3.8) is 0 Å². The SMILES string of the molecule is COc1ccc([C@@H]2CN(C=O)C[C@@]2(C)C(C)O)cc1OC1CCN(c2ccccn2)C1. The molecule has 4 atom stereocenters. The second kappa shape index (κ2) is 8.75. The van der Waals surface area contributed by atoms with Gasteiger partial charge in [0.15, 0.2) is 11.5 Å². The summed E-state index contributed by atoms with van der Waals surface area (Å²) in [6, 6.07) is 11.9. The van der Waals surface area contributed by atoms with Gasteiger partial charge >= 0.3 is 0 Å². The highest BCUT2D eigenvalue weighted by Crippen LogP contribution is 2.46. The van der Waals surface area contributed by atoms with E-state index in [4.69, 9.17) is 9.47 Å². The Kier molecular flexibility index (Phi) is 6.05. The number of hydrogen-bond acceptors (Lipinski definition) is 6. The van der Waals surface area contributed by atoms with E-state index in [9.17, 15) is 9.90 Å². The number of benzene rings is 1. The summed E-state index contributed by atoms with van der Waals surface area (Å²) in [5, 5.41) is 10.5. The molecule has 0 radical (unpaired) electrons. The first kappa shape index (κ1) is 21.4. The predicted molar refractivity (Wildman–Crippen MR) is 119 cm³/mol. The highest BCUT2D eigenvalue weighted by atomic mass is 16.5. The van der Waals surface area contributed by atoms with Crippen molar-refractivity contribution in [3.05, 3.63) is 48.2 Å². The van der Waals surface area contributed by atoms with Crippen LogP contribution in [-0.4, -0.2) is 66.9 Å². The molecule has 2 unspecified atom stereocenters. The summed E-state index contributed by atoms with van der Waals surface area (Å²) in [4.78, 5) is 19.8. The maximum absolute atomic E-state index is 11.4. The molecule has 1 amide bonds. The van der Waals surface area contributed by atoms with Crippen molar-refractivity contribution in [3.8, 4) is 11.5 Å². The van der Waals surface area contributed by atoms with Crippen molar-refractivity contribution in [2.75, 3.05) is 38.2 Å². The van der Waals surface area contributed by atoms with Crippen LogP contribution >= 0.6 is 0 Å². The Morgan fingerprint density at radius 3 is 2.77 bits per heavy atom. The molecule has 2 fully saturated rings. The van der Waals surface area contributed by atoms with Crippen molar-refractivity contribution in [1.82, 2.24) is 9.88 Å². The Hall–Kier alpha value is -2.80. The molecule has 2 aliphatic heterocycles. The number of amides is 1. The van der Waals surface area contributed by atoms with Gasteiger partial charge in [-0.25, -0.2) is 4.98 Å². The molecule has 7 heteroatoms. The standard InChI is InChI=1S/C24H31N3O4/c1-17(29)24(2)15-26(16-28)14-20(24)18-7-8-21(30-3)22(12-18)31-19-9-11-27(13-19)23-6-4-5-10-25-23/h4-8,10,12,16-17,19-20,29H,9,11,13-15H2,1-3H3/t17?,19?,20-,24-/m0/s1. The molecule has 2 saturated heterocycles. The van der Waals surface area contributed by atoms with Gasteiger partial charge in [-0.15, -0.1) is 0 Å². The average Bonchev–Trinajstić information content (AvgIpc) is 3.39. The lowest BCUT2D eigenvalue weighted by atomic mass is 9.72. The molecule has 0 saturated carbocycles. The molecular formula is C24H31N3O4. The van der Waals surface area contributed by atoms with Gasteiger partial charge in [-0.2, -0.15) is 0 Å². The van der Waals surface area contributed by atoms with Gasteiger partial charge in [-0.1, -0.05) is 19.1 Å². The monoisotopic (exact) mass is 425 g/mol. The number of aliphatic hydroxyl groups excluding tert-OH is 1. The van der Waals surface area contributed by atoms with Crippen LogP contribution in [0.1, 0.15) is 31.7 Å². The van der Waals surface area contributed by atoms with Crippen molar-refractivity contribution >= 4 is 12.2 Å². The molecule has 31 heavy (non-hydrogen) atoms. The summed E-state index contributed by atoms with van der Waals surface area (Å²) in [7, 11) is 1.64. The summed E-state index contributed by atoms with van der Waals surface area (Å²) in [5.74, 6) is 2.36. The van der Waals surface area contributed by atoms with Crippen LogP contribution in [0.25, 0.3) is 0 Å². The largest absolute Gasteiger partial charge is 0.493 e. The Labute approximate surface area is 183 Å². The topological polar surface area (TPSA) is 75.1 Å². The smallest absolute Gasteiger partial charge is 0.209 e. The molecule has 1 aromatic heterocycles. The maximum atomic E-state index is 11.4. The summed E-state index contributed by atoms with van der Waals surface area (Å²) in [5.41, 5.74) is 0.624. The van der Waals surface area contributed by atoms with E-state index >= 15 is 0 Å². The molecule has 0 spiro atoms. The van der Waals surface area contributed by atoms with Crippen LogP contribution in [0, 0.1) is 5.41 Å². The first-order valence-electron chi connectivity index (χ1n) is 10.8. The molecule has 7 nitrogen and oxygen atoms in total. The zero-order valence-electron chi connectivity index (χ0n) is 18.4. The zero-order valence-corrected chi connectivity index (χ0v) is 18.4. The minimum atomic E-state index is -0.546. The van der Waals surface area contributed by atoms with E-state index < -0.39 is 11.5 Å². The van der Waals surface area contributed by atoms with Gasteiger partial charge in [0.2, 0.25) is 6.41 Å². The molecule has 0 aliphatic carbocycles. The predicted octanol–water partition coefficient (Wildman–Crippen LogP) is 2.69. The molecule has 0 bridgehead atoms. The summed E-state index contributed by atoms with van der Waals surface area (Å²) in [6.45, 7) is 6.60. The van der Waals surface area contributed by atoms with Gasteiger partial charge in [0, 0.05) is 43.6 Å². The number of aromatic nitrogens is 1. The number of pyridine rings is 1. The third-order valence-electron chi connectivity index (χ3n) is 6.86. The normalized spacial score (nSPS) is 26.7. The summed E-state index contributed by atoms with van der Waals surface area (Å²) >= 11 is 0. The molecular weight excluding hydrogens is 394 g/mol. The van der Waals surface area contributed by atoms with Crippen LogP contribution in [-0.2, 0) is 4.79 Å². The van der Waals surface area contributed by atoms with E-state index in [-0.39, 0.29) is 12.0 Å². The molecule has 1 aromatic carbocycles. The number of carbonyl (C=O) groups excluding carboxylic acids is 1. The lowest BCUT2D eigenvalue weighted by molar-refractivity contribution is -0.117. The fraction of sp³-hybridized carbons (Fsp3) is 0.500. The van der Waals surface area contributed by atoms with Crippen molar-refractivity contribution in [1.29, 1.82) is 0 Å². The molecule has 166 valence electrons. The van der Waals surface area contributed by atoms with E-state index in [0.29, 0.717) is 24.6 Å². The van der Waals surface area contributed by atoms with Gasteiger partial charge in [-0.3, -0.25) is 4.79 Å². The number of anilines is 1. The lowest BCUT2D eigenvalue weighted by Crippen LogP contribution is -2.36. The van der Waals surface area contributed by atoms with Crippen molar-refractivity contribution in [2.24, 2.45) is 5.41 Å². The summed E-state index contributed by atoms with van der Waals surface area (Å²) < 4.78 is 12.0. The Morgan fingerprint density at radius 2 is 2.10 bits per heavy atom. The minimum Gasteiger partial charge on any atom is -0.493 e. The van der Waals surface area contributed by atoms with E-state index in [1.165, 1.54) is 0 Å². The van der Waals surface area contributed by atoms with Gasteiger partial charge < -0.3 is 24.4 Å². The van der Waals surface area contributed by atoms with Gasteiger partial charge in [0.25, 0.3) is 0 Å². The van der Waals surface area contributed by atoms with Gasteiger partial charge in [-0.05, 0) is 36.8 Å². The average molecular weight is 426 g/mol. The highest BCUT2D eigenvalue weighted by molar-refractivity contribution is 5.51. The number of ether oxygens (including phenoxy) is 2. The fourth-order valence-corrected chi connectivity index (χ4v) is 4.80. The first-order valence-corrected chi connectivity index (χ1v) is 10.8. The van der Waals surface area contributed by atoms with Crippen LogP contribution in [0.3, 0.4) is 0 Å². The van der Waals surface area contributed by atoms with E-state index in [2.05, 4.69) is 9.88 Å². The van der Waals surface area contributed by atoms with Gasteiger partial charge in [0.1, 0.15) is 11.9 Å². The number of nitrogens with zero attached hydrogens (tertiary/aromatic N) is 3. The van der Waals surface area contributed by atoms with E-state index in [0.717, 1.165) is 37.3 Å². The third-order valence-corrected chi connectivity index (χ3v) is 6.86.